The normalized spacial score (nSPS) is 16.8. The molecule has 0 spiro atoms. The first kappa shape index (κ1) is 12.6. The molecule has 1 aliphatic heterocycles. The molecule has 0 radical (unpaired) electrons. The summed E-state index contributed by atoms with van der Waals surface area (Å²) in [4.78, 5) is 25.3. The fourth-order valence-electron chi connectivity index (χ4n) is 2.30. The van der Waals surface area contributed by atoms with E-state index in [0.29, 0.717) is 6.42 Å². The van der Waals surface area contributed by atoms with Crippen LogP contribution in [0.15, 0.2) is 24.3 Å². The lowest BCUT2D eigenvalue weighted by atomic mass is 10.1. The standard InChI is InChI=1S/C13H17N3O2/c1-9(13(18)15-14)16-11-7-3-2-5-10(11)6-4-8-12(16)17/h2-3,5,7,9H,4,6,8,14H2,1H3,(H,15,18). The average Bonchev–Trinajstić information content (AvgIpc) is 2.55. The Morgan fingerprint density at radius 2 is 2.11 bits per heavy atom. The molecule has 5 nitrogen and oxygen atoms in total. The summed E-state index contributed by atoms with van der Waals surface area (Å²) in [6, 6.07) is 7.09. The molecule has 1 unspecified atom stereocenters. The SMILES string of the molecule is CC(C(=O)NN)N1C(=O)CCCc2ccccc21. The summed E-state index contributed by atoms with van der Waals surface area (Å²) in [7, 11) is 0. The molecule has 1 aromatic carbocycles. The van der Waals surface area contributed by atoms with Gasteiger partial charge in [0.1, 0.15) is 6.04 Å². The van der Waals surface area contributed by atoms with Crippen LogP contribution < -0.4 is 16.2 Å². The molecule has 0 saturated heterocycles. The van der Waals surface area contributed by atoms with Gasteiger partial charge in [-0.3, -0.25) is 19.9 Å². The maximum Gasteiger partial charge on any atom is 0.256 e. The van der Waals surface area contributed by atoms with Crippen molar-refractivity contribution in [3.05, 3.63) is 29.8 Å². The molecule has 1 atom stereocenters. The summed E-state index contributed by atoms with van der Waals surface area (Å²) in [6.45, 7) is 1.68. The molecule has 96 valence electrons. The highest BCUT2D eigenvalue weighted by molar-refractivity contribution is 6.01. The van der Waals surface area contributed by atoms with Crippen LogP contribution >= 0.6 is 0 Å². The van der Waals surface area contributed by atoms with Crippen LogP contribution in [0.1, 0.15) is 25.3 Å². The molecular formula is C13H17N3O2. The van der Waals surface area contributed by atoms with Crippen LogP contribution in [-0.2, 0) is 16.0 Å². The van der Waals surface area contributed by atoms with Crippen LogP contribution in [-0.4, -0.2) is 17.9 Å². The average molecular weight is 247 g/mol. The van der Waals surface area contributed by atoms with Gasteiger partial charge in [0.2, 0.25) is 5.91 Å². The number of hydrogen-bond donors (Lipinski definition) is 2. The summed E-state index contributed by atoms with van der Waals surface area (Å²) in [6.07, 6.45) is 2.12. The van der Waals surface area contributed by atoms with E-state index in [4.69, 9.17) is 5.84 Å². The lowest BCUT2D eigenvalue weighted by molar-refractivity contribution is -0.126. The first-order valence-corrected chi connectivity index (χ1v) is 6.05. The van der Waals surface area contributed by atoms with Gasteiger partial charge in [0, 0.05) is 12.1 Å². The van der Waals surface area contributed by atoms with Gasteiger partial charge in [0.25, 0.3) is 5.91 Å². The fourth-order valence-corrected chi connectivity index (χ4v) is 2.30. The largest absolute Gasteiger partial charge is 0.300 e. The van der Waals surface area contributed by atoms with Crippen LogP contribution in [0.3, 0.4) is 0 Å². The molecule has 0 aliphatic carbocycles. The van der Waals surface area contributed by atoms with E-state index in [0.717, 1.165) is 24.1 Å². The van der Waals surface area contributed by atoms with Gasteiger partial charge >= 0.3 is 0 Å². The smallest absolute Gasteiger partial charge is 0.256 e. The van der Waals surface area contributed by atoms with Crippen molar-refractivity contribution in [2.24, 2.45) is 5.84 Å². The number of aryl methyl sites for hydroxylation is 1. The van der Waals surface area contributed by atoms with Crippen molar-refractivity contribution in [2.45, 2.75) is 32.2 Å². The Bertz CT molecular complexity index is 473. The van der Waals surface area contributed by atoms with E-state index >= 15 is 0 Å². The van der Waals surface area contributed by atoms with Crippen molar-refractivity contribution in [1.82, 2.24) is 5.43 Å². The molecule has 1 aliphatic rings. The van der Waals surface area contributed by atoms with Crippen molar-refractivity contribution >= 4 is 17.5 Å². The minimum Gasteiger partial charge on any atom is -0.300 e. The van der Waals surface area contributed by atoms with Crippen LogP contribution in [0.5, 0.6) is 0 Å². The highest BCUT2D eigenvalue weighted by atomic mass is 16.2. The zero-order valence-corrected chi connectivity index (χ0v) is 10.3. The summed E-state index contributed by atoms with van der Waals surface area (Å²) in [5.41, 5.74) is 4.01. The zero-order chi connectivity index (χ0) is 13.1. The van der Waals surface area contributed by atoms with Gasteiger partial charge in [-0.15, -0.1) is 0 Å². The number of carbonyl (C=O) groups excluding carboxylic acids is 2. The first-order chi connectivity index (χ1) is 8.65. The number of rotatable bonds is 2. The van der Waals surface area contributed by atoms with Crippen LogP contribution in [0.4, 0.5) is 5.69 Å². The van der Waals surface area contributed by atoms with Gasteiger partial charge < -0.3 is 0 Å². The molecule has 0 fully saturated rings. The second kappa shape index (κ2) is 5.18. The Morgan fingerprint density at radius 1 is 1.39 bits per heavy atom. The highest BCUT2D eigenvalue weighted by Crippen LogP contribution is 2.28. The predicted octanol–water partition coefficient (Wildman–Crippen LogP) is 0.734. The molecule has 0 bridgehead atoms. The van der Waals surface area contributed by atoms with Gasteiger partial charge in [0.15, 0.2) is 0 Å². The number of fused-ring (bicyclic) bond motifs is 1. The van der Waals surface area contributed by atoms with E-state index in [1.165, 1.54) is 0 Å². The molecule has 2 amide bonds. The Morgan fingerprint density at radius 3 is 2.83 bits per heavy atom. The van der Waals surface area contributed by atoms with Crippen LogP contribution in [0.2, 0.25) is 0 Å². The second-order valence-electron chi connectivity index (χ2n) is 4.43. The van der Waals surface area contributed by atoms with Crippen molar-refractivity contribution < 1.29 is 9.59 Å². The van der Waals surface area contributed by atoms with Gasteiger partial charge in [0.05, 0.1) is 0 Å². The first-order valence-electron chi connectivity index (χ1n) is 6.05. The minimum atomic E-state index is -0.596. The van der Waals surface area contributed by atoms with E-state index in [1.807, 2.05) is 24.3 Å². The maximum atomic E-state index is 12.1. The monoisotopic (exact) mass is 247 g/mol. The number of hydrogen-bond acceptors (Lipinski definition) is 3. The number of para-hydroxylation sites is 1. The summed E-state index contributed by atoms with van der Waals surface area (Å²) in [5.74, 6) is 4.75. The molecule has 2 rings (SSSR count). The van der Waals surface area contributed by atoms with Gasteiger partial charge in [-0.05, 0) is 31.4 Å². The lowest BCUT2D eigenvalue weighted by Crippen LogP contribution is -2.50. The Hall–Kier alpha value is -1.88. The number of anilines is 1. The molecular weight excluding hydrogens is 230 g/mol. The Kier molecular flexibility index (Phi) is 3.62. The topological polar surface area (TPSA) is 75.4 Å². The van der Waals surface area contributed by atoms with Crippen molar-refractivity contribution in [2.75, 3.05) is 4.90 Å². The van der Waals surface area contributed by atoms with Gasteiger partial charge in [-0.25, -0.2) is 5.84 Å². The van der Waals surface area contributed by atoms with E-state index in [-0.39, 0.29) is 11.8 Å². The van der Waals surface area contributed by atoms with E-state index < -0.39 is 6.04 Å². The quantitative estimate of drug-likeness (QED) is 0.459. The number of benzene rings is 1. The van der Waals surface area contributed by atoms with Crippen molar-refractivity contribution in [3.8, 4) is 0 Å². The third-order valence-corrected chi connectivity index (χ3v) is 3.27. The van der Waals surface area contributed by atoms with E-state index in [9.17, 15) is 9.59 Å². The fraction of sp³-hybridized carbons (Fsp3) is 0.385. The number of carbonyl (C=O) groups is 2. The van der Waals surface area contributed by atoms with Crippen LogP contribution in [0, 0.1) is 0 Å². The predicted molar refractivity (Wildman–Crippen MR) is 68.7 cm³/mol. The zero-order valence-electron chi connectivity index (χ0n) is 10.3. The molecule has 1 heterocycles. The third-order valence-electron chi connectivity index (χ3n) is 3.27. The highest BCUT2D eigenvalue weighted by Gasteiger charge is 2.29. The summed E-state index contributed by atoms with van der Waals surface area (Å²) >= 11 is 0. The van der Waals surface area contributed by atoms with E-state index in [2.05, 4.69) is 5.43 Å². The lowest BCUT2D eigenvalue weighted by Gasteiger charge is -2.28. The van der Waals surface area contributed by atoms with Crippen molar-refractivity contribution in [3.63, 3.8) is 0 Å². The van der Waals surface area contributed by atoms with Gasteiger partial charge in [-0.2, -0.15) is 0 Å². The number of amides is 2. The molecule has 0 saturated carbocycles. The minimum absolute atomic E-state index is 0.0314. The Balaban J connectivity index is 2.42. The van der Waals surface area contributed by atoms with E-state index in [1.54, 1.807) is 11.8 Å². The number of nitrogens with two attached hydrogens (primary N) is 1. The second-order valence-corrected chi connectivity index (χ2v) is 4.43. The number of hydrazine groups is 1. The molecule has 18 heavy (non-hydrogen) atoms. The Labute approximate surface area is 106 Å². The molecule has 1 aromatic rings. The van der Waals surface area contributed by atoms with Crippen molar-refractivity contribution in [1.29, 1.82) is 0 Å². The molecule has 5 heteroatoms. The van der Waals surface area contributed by atoms with Crippen LogP contribution in [0.25, 0.3) is 0 Å². The number of nitrogens with one attached hydrogen (secondary N) is 1. The maximum absolute atomic E-state index is 12.1. The summed E-state index contributed by atoms with van der Waals surface area (Å²) in [5, 5.41) is 0. The number of nitrogens with zero attached hydrogens (tertiary/aromatic N) is 1. The van der Waals surface area contributed by atoms with Gasteiger partial charge in [-0.1, -0.05) is 18.2 Å². The molecule has 0 aromatic heterocycles. The molecule has 3 N–H and O–H groups in total. The summed E-state index contributed by atoms with van der Waals surface area (Å²) < 4.78 is 0. The third kappa shape index (κ3) is 2.22.